The summed E-state index contributed by atoms with van der Waals surface area (Å²) < 4.78 is 0. The Morgan fingerprint density at radius 2 is 1.75 bits per heavy atom. The molecule has 0 saturated carbocycles. The van der Waals surface area contributed by atoms with Crippen molar-refractivity contribution in [1.82, 2.24) is 5.32 Å². The fraction of sp³-hybridized carbons (Fsp3) is 0.500. The molecule has 0 amide bonds. The van der Waals surface area contributed by atoms with Crippen LogP contribution >= 0.6 is 0 Å². The zero-order valence-electron chi connectivity index (χ0n) is 12.2. The molecule has 0 aromatic heterocycles. The number of rotatable bonds is 3. The summed E-state index contributed by atoms with van der Waals surface area (Å²) in [6.45, 7) is 7.50. The van der Waals surface area contributed by atoms with Crippen molar-refractivity contribution < 1.29 is 25.2 Å². The van der Waals surface area contributed by atoms with Crippen molar-refractivity contribution in [3.8, 4) is 11.5 Å². The Kier molecular flexibility index (Phi) is 7.02. The normalized spacial score (nSPS) is 12.2. The van der Waals surface area contributed by atoms with Gasteiger partial charge in [-0.2, -0.15) is 0 Å². The summed E-state index contributed by atoms with van der Waals surface area (Å²) in [5.41, 5.74) is 0.506. The molecule has 6 nitrogen and oxygen atoms in total. The van der Waals surface area contributed by atoms with Crippen molar-refractivity contribution in [2.75, 3.05) is 6.54 Å². The number of hydrogen-bond acceptors (Lipinski definition) is 5. The van der Waals surface area contributed by atoms with Gasteiger partial charge in [-0.15, -0.1) is 0 Å². The Morgan fingerprint density at radius 3 is 2.15 bits per heavy atom. The number of carboxylic acid groups (broad SMARTS) is 1. The lowest BCUT2D eigenvalue weighted by Crippen LogP contribution is -2.38. The monoisotopic (exact) mass is 285 g/mol. The van der Waals surface area contributed by atoms with E-state index in [0.717, 1.165) is 6.92 Å². The number of β-amino-alcohol motifs (C(OH)–C–C–N with tert-alkyl or cyclic N) is 1. The van der Waals surface area contributed by atoms with Crippen LogP contribution in [0.5, 0.6) is 11.5 Å². The standard InChI is InChI=1S/C12H19NO3.C2H4O2/c1-12(2,3)13-7-11(16)8-4-5-9(14)10(15)6-8;1-2(3)4/h4-6,11,13-16H,7H2,1-3H3;1H3,(H,3,4). The Morgan fingerprint density at radius 1 is 1.25 bits per heavy atom. The number of carbonyl (C=O) groups is 1. The zero-order chi connectivity index (χ0) is 15.9. The summed E-state index contributed by atoms with van der Waals surface area (Å²) in [5.74, 6) is -1.23. The first kappa shape index (κ1) is 18.2. The molecule has 0 bridgehead atoms. The molecule has 0 radical (unpaired) electrons. The third kappa shape index (κ3) is 8.34. The van der Waals surface area contributed by atoms with Crippen molar-refractivity contribution in [2.24, 2.45) is 0 Å². The van der Waals surface area contributed by atoms with Crippen LogP contribution in [0.4, 0.5) is 0 Å². The highest BCUT2D eigenvalue weighted by Crippen LogP contribution is 2.27. The number of aliphatic hydroxyl groups excluding tert-OH is 1. The number of aliphatic carboxylic acids is 1. The topological polar surface area (TPSA) is 110 Å². The SMILES string of the molecule is CC(=O)O.CC(C)(C)NCC(O)c1ccc(O)c(O)c1. The first-order valence-corrected chi connectivity index (χ1v) is 6.17. The Balaban J connectivity index is 0.000000796. The van der Waals surface area contributed by atoms with Gasteiger partial charge in [-0.3, -0.25) is 4.79 Å². The number of phenols is 2. The van der Waals surface area contributed by atoms with Crippen LogP contribution in [-0.2, 0) is 4.79 Å². The van der Waals surface area contributed by atoms with E-state index in [-0.39, 0.29) is 17.0 Å². The fourth-order valence-electron chi connectivity index (χ4n) is 1.27. The molecule has 1 unspecified atom stereocenters. The molecule has 6 heteroatoms. The Bertz CT molecular complexity index is 436. The third-order valence-corrected chi connectivity index (χ3v) is 2.21. The van der Waals surface area contributed by atoms with Gasteiger partial charge in [0.1, 0.15) is 0 Å². The second kappa shape index (κ2) is 7.72. The van der Waals surface area contributed by atoms with E-state index in [1.807, 2.05) is 20.8 Å². The molecule has 1 aromatic carbocycles. The van der Waals surface area contributed by atoms with Gasteiger partial charge in [-0.25, -0.2) is 0 Å². The Labute approximate surface area is 118 Å². The summed E-state index contributed by atoms with van der Waals surface area (Å²) >= 11 is 0. The number of aliphatic hydroxyl groups is 1. The van der Waals surface area contributed by atoms with Gasteiger partial charge in [0.2, 0.25) is 0 Å². The van der Waals surface area contributed by atoms with Gasteiger partial charge in [-0.1, -0.05) is 6.07 Å². The minimum absolute atomic E-state index is 0.0695. The van der Waals surface area contributed by atoms with Crippen LogP contribution in [-0.4, -0.2) is 38.5 Å². The maximum absolute atomic E-state index is 9.84. The van der Waals surface area contributed by atoms with Crippen LogP contribution in [0.15, 0.2) is 18.2 Å². The average Bonchev–Trinajstić information content (AvgIpc) is 2.28. The van der Waals surface area contributed by atoms with Crippen LogP contribution < -0.4 is 5.32 Å². The van der Waals surface area contributed by atoms with Crippen molar-refractivity contribution in [3.05, 3.63) is 23.8 Å². The van der Waals surface area contributed by atoms with E-state index in [2.05, 4.69) is 5.32 Å². The predicted octanol–water partition coefficient (Wildman–Crippen LogP) is 1.61. The molecule has 0 aliphatic carbocycles. The Hall–Kier alpha value is -1.79. The molecular formula is C14H23NO5. The van der Waals surface area contributed by atoms with Gasteiger partial charge in [0.15, 0.2) is 11.5 Å². The van der Waals surface area contributed by atoms with E-state index in [4.69, 9.17) is 15.0 Å². The number of nitrogens with one attached hydrogen (secondary N) is 1. The van der Waals surface area contributed by atoms with Crippen LogP contribution in [0, 0.1) is 0 Å². The molecule has 1 atom stereocenters. The van der Waals surface area contributed by atoms with Gasteiger partial charge in [0.25, 0.3) is 5.97 Å². The van der Waals surface area contributed by atoms with Gasteiger partial charge >= 0.3 is 0 Å². The molecule has 0 heterocycles. The van der Waals surface area contributed by atoms with E-state index in [1.165, 1.54) is 12.1 Å². The zero-order valence-corrected chi connectivity index (χ0v) is 12.2. The smallest absolute Gasteiger partial charge is 0.300 e. The lowest BCUT2D eigenvalue weighted by atomic mass is 10.1. The molecule has 0 saturated heterocycles. The van der Waals surface area contributed by atoms with Crippen LogP contribution in [0.2, 0.25) is 0 Å². The highest BCUT2D eigenvalue weighted by atomic mass is 16.4. The molecule has 0 aliphatic rings. The number of benzene rings is 1. The van der Waals surface area contributed by atoms with E-state index in [9.17, 15) is 10.2 Å². The molecule has 20 heavy (non-hydrogen) atoms. The highest BCUT2D eigenvalue weighted by molar-refractivity contribution is 5.62. The van der Waals surface area contributed by atoms with Gasteiger partial charge < -0.3 is 25.7 Å². The van der Waals surface area contributed by atoms with E-state index in [1.54, 1.807) is 6.07 Å². The van der Waals surface area contributed by atoms with Crippen molar-refractivity contribution in [1.29, 1.82) is 0 Å². The highest BCUT2D eigenvalue weighted by Gasteiger charge is 2.14. The van der Waals surface area contributed by atoms with Crippen molar-refractivity contribution in [2.45, 2.75) is 39.3 Å². The largest absolute Gasteiger partial charge is 0.504 e. The first-order valence-electron chi connectivity index (χ1n) is 6.17. The summed E-state index contributed by atoms with van der Waals surface area (Å²) in [4.78, 5) is 9.00. The number of hydrogen-bond donors (Lipinski definition) is 5. The fourth-order valence-corrected chi connectivity index (χ4v) is 1.27. The predicted molar refractivity (Wildman–Crippen MR) is 75.8 cm³/mol. The summed E-state index contributed by atoms with van der Waals surface area (Å²) in [5, 5.41) is 38.9. The first-order chi connectivity index (χ1) is 9.03. The van der Waals surface area contributed by atoms with Gasteiger partial charge in [0, 0.05) is 19.0 Å². The molecule has 0 fully saturated rings. The number of carboxylic acids is 1. The quantitative estimate of drug-likeness (QED) is 0.540. The van der Waals surface area contributed by atoms with Crippen LogP contribution in [0.3, 0.4) is 0 Å². The van der Waals surface area contributed by atoms with Crippen molar-refractivity contribution in [3.63, 3.8) is 0 Å². The molecule has 1 rings (SSSR count). The number of aromatic hydroxyl groups is 2. The molecule has 1 aromatic rings. The maximum atomic E-state index is 9.84. The number of phenolic OH excluding ortho intramolecular Hbond substituents is 2. The lowest BCUT2D eigenvalue weighted by Gasteiger charge is -2.23. The lowest BCUT2D eigenvalue weighted by molar-refractivity contribution is -0.134. The van der Waals surface area contributed by atoms with E-state index in [0.29, 0.717) is 12.1 Å². The molecule has 5 N–H and O–H groups in total. The van der Waals surface area contributed by atoms with Crippen LogP contribution in [0.25, 0.3) is 0 Å². The van der Waals surface area contributed by atoms with E-state index >= 15 is 0 Å². The summed E-state index contributed by atoms with van der Waals surface area (Å²) in [6, 6.07) is 4.32. The molecule has 0 spiro atoms. The minimum atomic E-state index is -0.833. The summed E-state index contributed by atoms with van der Waals surface area (Å²) in [7, 11) is 0. The second-order valence-corrected chi connectivity index (χ2v) is 5.41. The van der Waals surface area contributed by atoms with Crippen molar-refractivity contribution >= 4 is 5.97 Å². The van der Waals surface area contributed by atoms with E-state index < -0.39 is 12.1 Å². The maximum Gasteiger partial charge on any atom is 0.300 e. The summed E-state index contributed by atoms with van der Waals surface area (Å²) in [6.07, 6.45) is -0.703. The van der Waals surface area contributed by atoms with Gasteiger partial charge in [0.05, 0.1) is 6.10 Å². The minimum Gasteiger partial charge on any atom is -0.504 e. The average molecular weight is 285 g/mol. The van der Waals surface area contributed by atoms with Crippen LogP contribution in [0.1, 0.15) is 39.4 Å². The molecular weight excluding hydrogens is 262 g/mol. The molecule has 0 aliphatic heterocycles. The third-order valence-electron chi connectivity index (χ3n) is 2.21. The molecule has 114 valence electrons. The van der Waals surface area contributed by atoms with Gasteiger partial charge in [-0.05, 0) is 38.5 Å². The second-order valence-electron chi connectivity index (χ2n) is 5.41.